The SMILES string of the molecule is Cc1cc(OCC2CCCCC2)c2nc(C)c(C=O)n2c1. The number of pyridine rings is 1. The third-order valence-corrected chi connectivity index (χ3v) is 4.35. The van der Waals surface area contributed by atoms with Gasteiger partial charge in [0, 0.05) is 6.20 Å². The predicted molar refractivity (Wildman–Crippen MR) is 82.1 cm³/mol. The number of aryl methyl sites for hydroxylation is 2. The van der Waals surface area contributed by atoms with Gasteiger partial charge in [-0.3, -0.25) is 9.20 Å². The lowest BCUT2D eigenvalue weighted by atomic mass is 9.90. The van der Waals surface area contributed by atoms with Crippen LogP contribution < -0.4 is 4.74 Å². The van der Waals surface area contributed by atoms with Crippen LogP contribution in [0.5, 0.6) is 5.75 Å². The van der Waals surface area contributed by atoms with Gasteiger partial charge in [0.05, 0.1) is 12.3 Å². The van der Waals surface area contributed by atoms with E-state index >= 15 is 0 Å². The van der Waals surface area contributed by atoms with Gasteiger partial charge in [-0.05, 0) is 44.2 Å². The van der Waals surface area contributed by atoms with E-state index in [2.05, 4.69) is 4.98 Å². The normalized spacial score (nSPS) is 16.3. The first-order chi connectivity index (χ1) is 10.2. The van der Waals surface area contributed by atoms with Crippen molar-refractivity contribution in [2.75, 3.05) is 6.61 Å². The van der Waals surface area contributed by atoms with E-state index in [0.717, 1.165) is 35.5 Å². The van der Waals surface area contributed by atoms with Gasteiger partial charge in [0.2, 0.25) is 0 Å². The third kappa shape index (κ3) is 2.80. The number of rotatable bonds is 4. The highest BCUT2D eigenvalue weighted by molar-refractivity contribution is 5.77. The summed E-state index contributed by atoms with van der Waals surface area (Å²) in [6.45, 7) is 4.62. The van der Waals surface area contributed by atoms with Crippen molar-refractivity contribution in [3.8, 4) is 5.75 Å². The molecule has 1 saturated carbocycles. The fourth-order valence-corrected chi connectivity index (χ4v) is 3.18. The monoisotopic (exact) mass is 286 g/mol. The van der Waals surface area contributed by atoms with Crippen LogP contribution in [-0.2, 0) is 0 Å². The highest BCUT2D eigenvalue weighted by Crippen LogP contribution is 2.27. The standard InChI is InChI=1S/C17H22N2O2/c1-12-8-16(21-11-14-6-4-3-5-7-14)17-18-13(2)15(10-20)19(17)9-12/h8-10,14H,3-7,11H2,1-2H3. The van der Waals surface area contributed by atoms with Crippen molar-refractivity contribution < 1.29 is 9.53 Å². The van der Waals surface area contributed by atoms with E-state index in [1.165, 1.54) is 32.1 Å². The number of aldehydes is 1. The molecule has 2 aromatic rings. The molecule has 0 unspecified atom stereocenters. The van der Waals surface area contributed by atoms with Crippen LogP contribution >= 0.6 is 0 Å². The van der Waals surface area contributed by atoms with Gasteiger partial charge in [-0.25, -0.2) is 4.98 Å². The van der Waals surface area contributed by atoms with E-state index in [0.29, 0.717) is 11.6 Å². The Kier molecular flexibility index (Phi) is 3.95. The summed E-state index contributed by atoms with van der Waals surface area (Å²) in [5.74, 6) is 1.44. The summed E-state index contributed by atoms with van der Waals surface area (Å²) in [5.41, 5.74) is 3.17. The smallest absolute Gasteiger partial charge is 0.180 e. The largest absolute Gasteiger partial charge is 0.489 e. The summed E-state index contributed by atoms with van der Waals surface area (Å²) in [4.78, 5) is 15.7. The second-order valence-electron chi connectivity index (χ2n) is 6.09. The van der Waals surface area contributed by atoms with Crippen molar-refractivity contribution >= 4 is 11.9 Å². The van der Waals surface area contributed by atoms with Crippen molar-refractivity contribution in [3.63, 3.8) is 0 Å². The maximum Gasteiger partial charge on any atom is 0.180 e. The lowest BCUT2D eigenvalue weighted by Gasteiger charge is -2.21. The molecule has 1 aliphatic carbocycles. The first-order valence-electron chi connectivity index (χ1n) is 7.76. The summed E-state index contributed by atoms with van der Waals surface area (Å²) in [7, 11) is 0. The molecule has 2 aromatic heterocycles. The molecule has 0 radical (unpaired) electrons. The topological polar surface area (TPSA) is 43.6 Å². The number of nitrogens with zero attached hydrogens (tertiary/aromatic N) is 2. The van der Waals surface area contributed by atoms with Crippen molar-refractivity contribution in [2.45, 2.75) is 46.0 Å². The molecule has 0 amide bonds. The fraction of sp³-hybridized carbons (Fsp3) is 0.529. The summed E-state index contributed by atoms with van der Waals surface area (Å²) < 4.78 is 7.89. The molecule has 0 aromatic carbocycles. The molecule has 0 N–H and O–H groups in total. The van der Waals surface area contributed by atoms with Crippen LogP contribution in [-0.4, -0.2) is 22.3 Å². The zero-order valence-corrected chi connectivity index (χ0v) is 12.8. The number of hydrogen-bond donors (Lipinski definition) is 0. The maximum absolute atomic E-state index is 11.2. The van der Waals surface area contributed by atoms with E-state index in [-0.39, 0.29) is 0 Å². The Morgan fingerprint density at radius 1 is 1.33 bits per heavy atom. The summed E-state index contributed by atoms with van der Waals surface area (Å²) in [6.07, 6.45) is 9.30. The minimum atomic E-state index is 0.608. The average molecular weight is 286 g/mol. The molecule has 1 aliphatic rings. The third-order valence-electron chi connectivity index (χ3n) is 4.35. The van der Waals surface area contributed by atoms with Crippen LogP contribution in [0.3, 0.4) is 0 Å². The molecule has 1 fully saturated rings. The van der Waals surface area contributed by atoms with Gasteiger partial charge in [-0.2, -0.15) is 0 Å². The molecule has 21 heavy (non-hydrogen) atoms. The van der Waals surface area contributed by atoms with Gasteiger partial charge in [-0.15, -0.1) is 0 Å². The van der Waals surface area contributed by atoms with Crippen molar-refractivity contribution in [3.05, 3.63) is 29.2 Å². The summed E-state index contributed by atoms with van der Waals surface area (Å²) >= 11 is 0. The molecule has 0 atom stereocenters. The first kappa shape index (κ1) is 14.1. The van der Waals surface area contributed by atoms with E-state index in [1.807, 2.05) is 30.5 Å². The lowest BCUT2D eigenvalue weighted by Crippen LogP contribution is -2.15. The Hall–Kier alpha value is -1.84. The Morgan fingerprint density at radius 3 is 2.81 bits per heavy atom. The fourth-order valence-electron chi connectivity index (χ4n) is 3.18. The highest BCUT2D eigenvalue weighted by Gasteiger charge is 2.17. The zero-order valence-electron chi connectivity index (χ0n) is 12.8. The molecule has 4 heteroatoms. The van der Waals surface area contributed by atoms with Crippen LogP contribution in [0, 0.1) is 19.8 Å². The van der Waals surface area contributed by atoms with Gasteiger partial charge in [-0.1, -0.05) is 19.3 Å². The molecule has 0 saturated heterocycles. The second kappa shape index (κ2) is 5.88. The Bertz CT molecular complexity index is 654. The Morgan fingerprint density at radius 2 is 2.10 bits per heavy atom. The molecule has 3 rings (SSSR count). The lowest BCUT2D eigenvalue weighted by molar-refractivity contribution is 0.111. The van der Waals surface area contributed by atoms with Crippen LogP contribution in [0.1, 0.15) is 53.8 Å². The molecule has 2 heterocycles. The molecular weight excluding hydrogens is 264 g/mol. The number of ether oxygens (including phenoxy) is 1. The van der Waals surface area contributed by atoms with Crippen molar-refractivity contribution in [1.82, 2.24) is 9.38 Å². The minimum absolute atomic E-state index is 0.608. The van der Waals surface area contributed by atoms with Gasteiger partial charge >= 0.3 is 0 Å². The molecule has 0 bridgehead atoms. The van der Waals surface area contributed by atoms with Crippen LogP contribution in [0.2, 0.25) is 0 Å². The molecule has 112 valence electrons. The van der Waals surface area contributed by atoms with Gasteiger partial charge in [0.1, 0.15) is 5.69 Å². The Balaban J connectivity index is 1.88. The van der Waals surface area contributed by atoms with E-state index < -0.39 is 0 Å². The van der Waals surface area contributed by atoms with Gasteiger partial charge in [0.25, 0.3) is 0 Å². The number of aromatic nitrogens is 2. The molecule has 0 aliphatic heterocycles. The van der Waals surface area contributed by atoms with Crippen LogP contribution in [0.25, 0.3) is 5.65 Å². The summed E-state index contributed by atoms with van der Waals surface area (Å²) in [5, 5.41) is 0. The number of carbonyl (C=O) groups is 1. The van der Waals surface area contributed by atoms with Crippen LogP contribution in [0.15, 0.2) is 12.3 Å². The minimum Gasteiger partial charge on any atom is -0.489 e. The van der Waals surface area contributed by atoms with Crippen molar-refractivity contribution in [1.29, 1.82) is 0 Å². The number of carbonyl (C=O) groups excluding carboxylic acids is 1. The average Bonchev–Trinajstić information content (AvgIpc) is 2.81. The van der Waals surface area contributed by atoms with E-state index in [1.54, 1.807) is 0 Å². The predicted octanol–water partition coefficient (Wildman–Crippen LogP) is 3.72. The van der Waals surface area contributed by atoms with Crippen LogP contribution in [0.4, 0.5) is 0 Å². The van der Waals surface area contributed by atoms with E-state index in [4.69, 9.17) is 4.74 Å². The van der Waals surface area contributed by atoms with Gasteiger partial charge in [0.15, 0.2) is 17.7 Å². The molecule has 0 spiro atoms. The molecular formula is C17H22N2O2. The number of imidazole rings is 1. The summed E-state index contributed by atoms with van der Waals surface area (Å²) in [6, 6.07) is 2.01. The first-order valence-corrected chi connectivity index (χ1v) is 7.76. The highest BCUT2D eigenvalue weighted by atomic mass is 16.5. The number of hydrogen-bond acceptors (Lipinski definition) is 3. The zero-order chi connectivity index (χ0) is 14.8. The second-order valence-corrected chi connectivity index (χ2v) is 6.09. The number of fused-ring (bicyclic) bond motifs is 1. The molecule has 4 nitrogen and oxygen atoms in total. The maximum atomic E-state index is 11.2. The van der Waals surface area contributed by atoms with Gasteiger partial charge < -0.3 is 4.74 Å². The van der Waals surface area contributed by atoms with Crippen molar-refractivity contribution in [2.24, 2.45) is 5.92 Å². The van der Waals surface area contributed by atoms with E-state index in [9.17, 15) is 4.79 Å². The Labute approximate surface area is 125 Å². The quantitative estimate of drug-likeness (QED) is 0.804.